The summed E-state index contributed by atoms with van der Waals surface area (Å²) in [7, 11) is 1.71. The fourth-order valence-corrected chi connectivity index (χ4v) is 1.68. The minimum atomic E-state index is -0.410. The molecule has 1 unspecified atom stereocenters. The Hall–Kier alpha value is -1.72. The van der Waals surface area contributed by atoms with Crippen LogP contribution in [0.15, 0.2) is 24.3 Å². The molecule has 5 nitrogen and oxygen atoms in total. The molecule has 19 heavy (non-hydrogen) atoms. The van der Waals surface area contributed by atoms with Gasteiger partial charge in [0.2, 0.25) is 5.91 Å². The van der Waals surface area contributed by atoms with Gasteiger partial charge in [-0.25, -0.2) is 5.43 Å². The number of amides is 1. The molecule has 0 saturated carbocycles. The van der Waals surface area contributed by atoms with Crippen LogP contribution in [0.4, 0.5) is 0 Å². The van der Waals surface area contributed by atoms with E-state index in [1.165, 1.54) is 12.5 Å². The van der Waals surface area contributed by atoms with Gasteiger partial charge in [-0.1, -0.05) is 29.8 Å². The van der Waals surface area contributed by atoms with Crippen molar-refractivity contribution in [1.82, 2.24) is 16.2 Å². The molecular formula is C14H21N3O2. The molecule has 0 bridgehead atoms. The van der Waals surface area contributed by atoms with Crippen molar-refractivity contribution in [3.8, 4) is 0 Å². The summed E-state index contributed by atoms with van der Waals surface area (Å²) in [6.45, 7) is 3.53. The zero-order chi connectivity index (χ0) is 14.3. The van der Waals surface area contributed by atoms with Gasteiger partial charge in [-0.3, -0.25) is 15.0 Å². The van der Waals surface area contributed by atoms with E-state index < -0.39 is 6.04 Å². The lowest BCUT2D eigenvalue weighted by Crippen LogP contribution is -2.50. The summed E-state index contributed by atoms with van der Waals surface area (Å²) in [6.07, 6.45) is 0.560. The van der Waals surface area contributed by atoms with E-state index in [9.17, 15) is 9.59 Å². The van der Waals surface area contributed by atoms with Crippen molar-refractivity contribution in [3.05, 3.63) is 35.4 Å². The molecule has 0 aliphatic rings. The van der Waals surface area contributed by atoms with Gasteiger partial charge in [0, 0.05) is 0 Å². The molecule has 104 valence electrons. The van der Waals surface area contributed by atoms with Gasteiger partial charge in [0.1, 0.15) is 11.8 Å². The van der Waals surface area contributed by atoms with E-state index in [0.717, 1.165) is 5.56 Å². The van der Waals surface area contributed by atoms with Crippen LogP contribution in [0.3, 0.4) is 0 Å². The Morgan fingerprint density at radius 3 is 2.37 bits per heavy atom. The third-order valence-electron chi connectivity index (χ3n) is 2.71. The Kier molecular flexibility index (Phi) is 6.18. The highest BCUT2D eigenvalue weighted by Crippen LogP contribution is 2.06. The second kappa shape index (κ2) is 7.66. The molecule has 1 rings (SSSR count). The predicted molar refractivity (Wildman–Crippen MR) is 74.6 cm³/mol. The van der Waals surface area contributed by atoms with Crippen molar-refractivity contribution in [3.63, 3.8) is 0 Å². The van der Waals surface area contributed by atoms with Crippen LogP contribution in [0.1, 0.15) is 18.1 Å². The molecule has 0 aliphatic heterocycles. The second-order valence-electron chi connectivity index (χ2n) is 4.56. The van der Waals surface area contributed by atoms with Crippen molar-refractivity contribution in [2.75, 3.05) is 13.6 Å². The van der Waals surface area contributed by atoms with Crippen LogP contribution in [0.2, 0.25) is 0 Å². The maximum absolute atomic E-state index is 11.9. The zero-order valence-corrected chi connectivity index (χ0v) is 11.6. The molecule has 1 aromatic carbocycles. The van der Waals surface area contributed by atoms with E-state index in [4.69, 9.17) is 0 Å². The summed E-state index contributed by atoms with van der Waals surface area (Å²) < 4.78 is 0. The van der Waals surface area contributed by atoms with Gasteiger partial charge >= 0.3 is 0 Å². The third kappa shape index (κ3) is 5.63. The number of carbonyl (C=O) groups is 2. The number of benzene rings is 1. The number of nitrogens with one attached hydrogen (secondary N) is 3. The highest BCUT2D eigenvalue weighted by atomic mass is 16.2. The molecule has 1 amide bonds. The molecular weight excluding hydrogens is 242 g/mol. The monoisotopic (exact) mass is 263 g/mol. The van der Waals surface area contributed by atoms with Crippen molar-refractivity contribution >= 4 is 11.7 Å². The maximum atomic E-state index is 11.9. The molecule has 0 heterocycles. The normalized spacial score (nSPS) is 11.9. The Morgan fingerprint density at radius 2 is 1.84 bits per heavy atom. The number of aryl methyl sites for hydroxylation is 1. The fraction of sp³-hybridized carbons (Fsp3) is 0.429. The minimum absolute atomic E-state index is 0.0631. The summed E-state index contributed by atoms with van der Waals surface area (Å²) in [6, 6.07) is 7.61. The first kappa shape index (κ1) is 15.3. The van der Waals surface area contributed by atoms with Gasteiger partial charge < -0.3 is 5.32 Å². The van der Waals surface area contributed by atoms with Crippen molar-refractivity contribution in [1.29, 1.82) is 0 Å². The average Bonchev–Trinajstić information content (AvgIpc) is 2.38. The van der Waals surface area contributed by atoms with Crippen LogP contribution in [-0.4, -0.2) is 31.3 Å². The molecule has 0 radical (unpaired) electrons. The largest absolute Gasteiger partial charge is 0.348 e. The molecule has 0 fully saturated rings. The first-order chi connectivity index (χ1) is 9.02. The maximum Gasteiger partial charge on any atom is 0.239 e. The zero-order valence-electron chi connectivity index (χ0n) is 11.6. The van der Waals surface area contributed by atoms with Crippen LogP contribution in [0, 0.1) is 6.92 Å². The van der Waals surface area contributed by atoms with E-state index in [1.807, 2.05) is 31.2 Å². The van der Waals surface area contributed by atoms with E-state index in [0.29, 0.717) is 6.42 Å². The first-order valence-electron chi connectivity index (χ1n) is 6.28. The topological polar surface area (TPSA) is 70.2 Å². The van der Waals surface area contributed by atoms with Crippen molar-refractivity contribution < 1.29 is 9.59 Å². The van der Waals surface area contributed by atoms with Crippen molar-refractivity contribution in [2.24, 2.45) is 0 Å². The molecule has 5 heteroatoms. The van der Waals surface area contributed by atoms with Gasteiger partial charge in [-0.15, -0.1) is 0 Å². The minimum Gasteiger partial charge on any atom is -0.348 e. The van der Waals surface area contributed by atoms with Gasteiger partial charge in [-0.05, 0) is 32.9 Å². The third-order valence-corrected chi connectivity index (χ3v) is 2.71. The SMILES string of the molecule is CNNC(Cc1ccc(C)cc1)C(=O)NCC(C)=O. The molecule has 3 N–H and O–H groups in total. The highest BCUT2D eigenvalue weighted by Gasteiger charge is 2.17. The van der Waals surface area contributed by atoms with Crippen LogP contribution < -0.4 is 16.2 Å². The smallest absolute Gasteiger partial charge is 0.239 e. The summed E-state index contributed by atoms with van der Waals surface area (Å²) in [5.74, 6) is -0.253. The van der Waals surface area contributed by atoms with Crippen LogP contribution in [-0.2, 0) is 16.0 Å². The number of hydrazine groups is 1. The first-order valence-corrected chi connectivity index (χ1v) is 6.28. The Bertz CT molecular complexity index is 429. The Balaban J connectivity index is 2.63. The molecule has 0 spiro atoms. The summed E-state index contributed by atoms with van der Waals surface area (Å²) >= 11 is 0. The molecule has 0 aromatic heterocycles. The van der Waals surface area contributed by atoms with Gasteiger partial charge in [0.25, 0.3) is 0 Å². The lowest BCUT2D eigenvalue weighted by Gasteiger charge is -2.17. The number of rotatable bonds is 7. The standard InChI is InChI=1S/C14H21N3O2/c1-10-4-6-12(7-5-10)8-13(17-15-3)14(19)16-9-11(2)18/h4-7,13,15,17H,8-9H2,1-3H3,(H,16,19). The van der Waals surface area contributed by atoms with Gasteiger partial charge in [0.05, 0.1) is 6.54 Å². The van der Waals surface area contributed by atoms with Gasteiger partial charge in [0.15, 0.2) is 0 Å². The molecule has 0 aliphatic carbocycles. The number of hydrogen-bond acceptors (Lipinski definition) is 4. The lowest BCUT2D eigenvalue weighted by atomic mass is 10.0. The fourth-order valence-electron chi connectivity index (χ4n) is 1.68. The van der Waals surface area contributed by atoms with Gasteiger partial charge in [-0.2, -0.15) is 0 Å². The number of carbonyl (C=O) groups excluding carboxylic acids is 2. The molecule has 0 saturated heterocycles. The van der Waals surface area contributed by atoms with Crippen LogP contribution >= 0.6 is 0 Å². The summed E-state index contributed by atoms with van der Waals surface area (Å²) in [5, 5.41) is 2.61. The van der Waals surface area contributed by atoms with Crippen molar-refractivity contribution in [2.45, 2.75) is 26.3 Å². The predicted octanol–water partition coefficient (Wildman–Crippen LogP) is 0.335. The van der Waals surface area contributed by atoms with E-state index in [1.54, 1.807) is 7.05 Å². The number of Topliss-reactive ketones (excluding diaryl/α,β-unsaturated/α-hetero) is 1. The van der Waals surface area contributed by atoms with E-state index in [-0.39, 0.29) is 18.2 Å². The van der Waals surface area contributed by atoms with E-state index in [2.05, 4.69) is 16.2 Å². The summed E-state index contributed by atoms with van der Waals surface area (Å²) in [5.41, 5.74) is 7.92. The number of hydrogen-bond donors (Lipinski definition) is 3. The molecule has 1 atom stereocenters. The second-order valence-corrected chi connectivity index (χ2v) is 4.56. The lowest BCUT2D eigenvalue weighted by molar-refractivity contribution is -0.126. The van der Waals surface area contributed by atoms with Crippen LogP contribution in [0.25, 0.3) is 0 Å². The molecule has 1 aromatic rings. The van der Waals surface area contributed by atoms with E-state index >= 15 is 0 Å². The Morgan fingerprint density at radius 1 is 1.21 bits per heavy atom. The highest BCUT2D eigenvalue weighted by molar-refractivity contribution is 5.87. The van der Waals surface area contributed by atoms with Crippen LogP contribution in [0.5, 0.6) is 0 Å². The Labute approximate surface area is 113 Å². The quantitative estimate of drug-likeness (QED) is 0.620. The number of ketones is 1. The average molecular weight is 263 g/mol. The summed E-state index contributed by atoms with van der Waals surface area (Å²) in [4.78, 5) is 22.8.